The average Bonchev–Trinajstić information content (AvgIpc) is 2.66. The normalized spacial score (nSPS) is 12.1. The highest BCUT2D eigenvalue weighted by atomic mass is 16.2. The molecule has 0 heterocycles. The fourth-order valence-electron chi connectivity index (χ4n) is 3.30. The topological polar surface area (TPSA) is 61.4 Å². The van der Waals surface area contributed by atoms with Crippen molar-refractivity contribution in [3.05, 3.63) is 70.8 Å². The number of carbonyl (C=O) groups excluding carboxylic acids is 2. The molecule has 0 unspecified atom stereocenters. The third-order valence-electron chi connectivity index (χ3n) is 4.78. The van der Waals surface area contributed by atoms with E-state index in [1.165, 1.54) is 5.56 Å². The predicted octanol–water partition coefficient (Wildman–Crippen LogP) is 3.52. The Bertz CT molecular complexity index is 830. The summed E-state index contributed by atoms with van der Waals surface area (Å²) in [4.78, 5) is 27.7. The molecule has 2 rings (SSSR count). The molecule has 5 heteroatoms. The van der Waals surface area contributed by atoms with Gasteiger partial charge in [-0.1, -0.05) is 56.3 Å². The first-order chi connectivity index (χ1) is 13.8. The molecule has 0 bridgehead atoms. The van der Waals surface area contributed by atoms with Gasteiger partial charge in [0.25, 0.3) is 5.91 Å². The largest absolute Gasteiger partial charge is 0.350 e. The maximum Gasteiger partial charge on any atom is 0.252 e. The van der Waals surface area contributed by atoms with Crippen LogP contribution in [0.1, 0.15) is 47.3 Å². The molecule has 5 nitrogen and oxygen atoms in total. The molecule has 0 saturated heterocycles. The van der Waals surface area contributed by atoms with Gasteiger partial charge < -0.3 is 15.5 Å². The molecule has 156 valence electrons. The summed E-state index contributed by atoms with van der Waals surface area (Å²) in [5.74, 6) is -0.0823. The SMILES string of the molecule is Cc1ccccc1C(=O)N[C@H](CC(C)C)C(=O)NCc1ccccc1CN(C)C. The monoisotopic (exact) mass is 395 g/mol. The van der Waals surface area contributed by atoms with Crippen LogP contribution in [0.3, 0.4) is 0 Å². The fraction of sp³-hybridized carbons (Fsp3) is 0.417. The van der Waals surface area contributed by atoms with Crippen molar-refractivity contribution in [2.24, 2.45) is 5.92 Å². The molecule has 0 fully saturated rings. The lowest BCUT2D eigenvalue weighted by Gasteiger charge is -2.21. The van der Waals surface area contributed by atoms with Crippen LogP contribution in [0.4, 0.5) is 0 Å². The number of nitrogens with one attached hydrogen (secondary N) is 2. The van der Waals surface area contributed by atoms with E-state index in [9.17, 15) is 9.59 Å². The maximum absolute atomic E-state index is 12.9. The smallest absolute Gasteiger partial charge is 0.252 e. The summed E-state index contributed by atoms with van der Waals surface area (Å²) in [6.07, 6.45) is 0.586. The number of carbonyl (C=O) groups is 2. The van der Waals surface area contributed by atoms with E-state index < -0.39 is 6.04 Å². The molecule has 2 aromatic carbocycles. The molecule has 2 N–H and O–H groups in total. The van der Waals surface area contributed by atoms with E-state index in [4.69, 9.17) is 0 Å². The molecule has 1 atom stereocenters. The van der Waals surface area contributed by atoms with Gasteiger partial charge in [-0.2, -0.15) is 0 Å². The highest BCUT2D eigenvalue weighted by molar-refractivity contribution is 5.98. The van der Waals surface area contributed by atoms with Crippen molar-refractivity contribution in [3.63, 3.8) is 0 Å². The number of rotatable bonds is 9. The lowest BCUT2D eigenvalue weighted by molar-refractivity contribution is -0.123. The second kappa shape index (κ2) is 10.8. The van der Waals surface area contributed by atoms with Crippen molar-refractivity contribution in [1.82, 2.24) is 15.5 Å². The van der Waals surface area contributed by atoms with E-state index in [0.717, 1.165) is 17.7 Å². The van der Waals surface area contributed by atoms with Crippen LogP contribution in [-0.2, 0) is 17.9 Å². The Labute approximate surface area is 174 Å². The van der Waals surface area contributed by atoms with Gasteiger partial charge in [-0.3, -0.25) is 9.59 Å². The first-order valence-electron chi connectivity index (χ1n) is 10.1. The molecule has 0 aliphatic carbocycles. The summed E-state index contributed by atoms with van der Waals surface area (Å²) < 4.78 is 0. The van der Waals surface area contributed by atoms with Gasteiger partial charge in [0, 0.05) is 18.7 Å². The van der Waals surface area contributed by atoms with Gasteiger partial charge in [-0.05, 0) is 56.1 Å². The molecule has 0 aliphatic heterocycles. The molecule has 0 aromatic heterocycles. The Hall–Kier alpha value is -2.66. The van der Waals surface area contributed by atoms with Crippen LogP contribution in [-0.4, -0.2) is 36.9 Å². The summed E-state index contributed by atoms with van der Waals surface area (Å²) in [5, 5.41) is 5.95. The van der Waals surface area contributed by atoms with Gasteiger partial charge in [0.2, 0.25) is 5.91 Å². The van der Waals surface area contributed by atoms with Crippen molar-refractivity contribution in [3.8, 4) is 0 Å². The van der Waals surface area contributed by atoms with Crippen LogP contribution < -0.4 is 10.6 Å². The minimum Gasteiger partial charge on any atom is -0.350 e. The van der Waals surface area contributed by atoms with Crippen molar-refractivity contribution < 1.29 is 9.59 Å². The maximum atomic E-state index is 12.9. The summed E-state index contributed by atoms with van der Waals surface area (Å²) in [5.41, 5.74) is 3.77. The van der Waals surface area contributed by atoms with Crippen LogP contribution in [0.5, 0.6) is 0 Å². The fourth-order valence-corrected chi connectivity index (χ4v) is 3.30. The van der Waals surface area contributed by atoms with Crippen molar-refractivity contribution in [2.75, 3.05) is 14.1 Å². The lowest BCUT2D eigenvalue weighted by atomic mass is 10.0. The Morgan fingerprint density at radius 3 is 2.21 bits per heavy atom. The average molecular weight is 396 g/mol. The molecule has 29 heavy (non-hydrogen) atoms. The van der Waals surface area contributed by atoms with Crippen LogP contribution in [0.25, 0.3) is 0 Å². The van der Waals surface area contributed by atoms with Crippen LogP contribution in [0, 0.1) is 12.8 Å². The van der Waals surface area contributed by atoms with Gasteiger partial charge in [-0.25, -0.2) is 0 Å². The zero-order chi connectivity index (χ0) is 21.4. The number of hydrogen-bond acceptors (Lipinski definition) is 3. The first-order valence-corrected chi connectivity index (χ1v) is 10.1. The molecule has 0 saturated carbocycles. The minimum atomic E-state index is -0.567. The predicted molar refractivity (Wildman–Crippen MR) is 118 cm³/mol. The van der Waals surface area contributed by atoms with Crippen LogP contribution >= 0.6 is 0 Å². The molecular weight excluding hydrogens is 362 g/mol. The Balaban J connectivity index is 2.08. The van der Waals surface area contributed by atoms with Gasteiger partial charge in [0.05, 0.1) is 0 Å². The van der Waals surface area contributed by atoms with E-state index in [1.807, 2.05) is 71.3 Å². The van der Waals surface area contributed by atoms with E-state index in [2.05, 4.69) is 21.6 Å². The van der Waals surface area contributed by atoms with Gasteiger partial charge in [-0.15, -0.1) is 0 Å². The summed E-state index contributed by atoms with van der Waals surface area (Å²) >= 11 is 0. The lowest BCUT2D eigenvalue weighted by Crippen LogP contribution is -2.47. The van der Waals surface area contributed by atoms with Crippen LogP contribution in [0.2, 0.25) is 0 Å². The minimum absolute atomic E-state index is 0.153. The van der Waals surface area contributed by atoms with E-state index in [0.29, 0.717) is 18.5 Å². The van der Waals surface area contributed by atoms with E-state index >= 15 is 0 Å². The van der Waals surface area contributed by atoms with Crippen LogP contribution in [0.15, 0.2) is 48.5 Å². The molecular formula is C24H33N3O2. The summed E-state index contributed by atoms with van der Waals surface area (Å²) in [6.45, 7) is 7.25. The van der Waals surface area contributed by atoms with Gasteiger partial charge >= 0.3 is 0 Å². The molecule has 2 aromatic rings. The van der Waals surface area contributed by atoms with Crippen molar-refractivity contribution in [2.45, 2.75) is 46.3 Å². The third-order valence-corrected chi connectivity index (χ3v) is 4.78. The van der Waals surface area contributed by atoms with E-state index in [-0.39, 0.29) is 17.7 Å². The quantitative estimate of drug-likeness (QED) is 0.683. The Morgan fingerprint density at radius 1 is 0.966 bits per heavy atom. The number of aryl methyl sites for hydroxylation is 1. The van der Waals surface area contributed by atoms with Crippen molar-refractivity contribution >= 4 is 11.8 Å². The number of benzene rings is 2. The molecule has 2 amide bonds. The zero-order valence-electron chi connectivity index (χ0n) is 18.2. The van der Waals surface area contributed by atoms with Gasteiger partial charge in [0.15, 0.2) is 0 Å². The Kier molecular flexibility index (Phi) is 8.40. The summed E-state index contributed by atoms with van der Waals surface area (Å²) in [7, 11) is 4.05. The third kappa shape index (κ3) is 7.02. The Morgan fingerprint density at radius 2 is 1.59 bits per heavy atom. The van der Waals surface area contributed by atoms with Crippen molar-refractivity contribution in [1.29, 1.82) is 0 Å². The second-order valence-electron chi connectivity index (χ2n) is 8.19. The standard InChI is InChI=1S/C24H33N3O2/c1-17(2)14-22(26-23(28)21-13-9-6-10-18(21)3)24(29)25-15-19-11-7-8-12-20(19)16-27(4)5/h6-13,17,22H,14-16H2,1-5H3,(H,25,29)(H,26,28)/t22-/m1/s1. The molecule has 0 spiro atoms. The molecule has 0 aliphatic rings. The number of hydrogen-bond donors (Lipinski definition) is 2. The van der Waals surface area contributed by atoms with E-state index in [1.54, 1.807) is 6.07 Å². The zero-order valence-corrected chi connectivity index (χ0v) is 18.2. The number of amides is 2. The molecule has 0 radical (unpaired) electrons. The summed E-state index contributed by atoms with van der Waals surface area (Å²) in [6, 6.07) is 14.9. The highest BCUT2D eigenvalue weighted by Crippen LogP contribution is 2.12. The highest BCUT2D eigenvalue weighted by Gasteiger charge is 2.23. The second-order valence-corrected chi connectivity index (χ2v) is 8.19. The van der Waals surface area contributed by atoms with Gasteiger partial charge in [0.1, 0.15) is 6.04 Å². The number of nitrogens with zero attached hydrogens (tertiary/aromatic N) is 1. The first kappa shape index (κ1) is 22.6.